The minimum atomic E-state index is -3.54. The topological polar surface area (TPSA) is 75.7 Å². The van der Waals surface area contributed by atoms with Gasteiger partial charge in [-0.1, -0.05) is 18.2 Å². The molecule has 2 aliphatic heterocycles. The average Bonchev–Trinajstić information content (AvgIpc) is 3.09. The highest BCUT2D eigenvalue weighted by molar-refractivity contribution is 7.89. The van der Waals surface area contributed by atoms with Crippen molar-refractivity contribution < 1.29 is 17.9 Å². The Morgan fingerprint density at radius 2 is 2.00 bits per heavy atom. The first-order valence-corrected chi connectivity index (χ1v) is 9.48. The van der Waals surface area contributed by atoms with Crippen LogP contribution in [0.1, 0.15) is 19.3 Å². The number of likely N-dealkylation sites (tertiary alicyclic amines) is 1. The van der Waals surface area contributed by atoms with Gasteiger partial charge in [0.05, 0.1) is 17.4 Å². The van der Waals surface area contributed by atoms with Crippen LogP contribution in [0.15, 0.2) is 35.2 Å². The fourth-order valence-corrected chi connectivity index (χ4v) is 4.43. The lowest BCUT2D eigenvalue weighted by molar-refractivity contribution is -0.136. The molecular weight excluding hydrogens is 316 g/mol. The van der Waals surface area contributed by atoms with Gasteiger partial charge in [-0.05, 0) is 31.4 Å². The number of nitrogens with one attached hydrogen (secondary N) is 1. The van der Waals surface area contributed by atoms with Crippen molar-refractivity contribution in [1.82, 2.24) is 9.62 Å². The van der Waals surface area contributed by atoms with Crippen LogP contribution in [-0.2, 0) is 19.6 Å². The van der Waals surface area contributed by atoms with Gasteiger partial charge in [0, 0.05) is 25.7 Å². The van der Waals surface area contributed by atoms with Crippen molar-refractivity contribution in [2.24, 2.45) is 5.92 Å². The SMILES string of the molecule is O=C([C@@H]1CCOC1)N1CCC[C@@H](NS(=O)(=O)c2ccccc2)C1. The summed E-state index contributed by atoms with van der Waals surface area (Å²) in [5.41, 5.74) is 0. The highest BCUT2D eigenvalue weighted by atomic mass is 32.2. The lowest BCUT2D eigenvalue weighted by Gasteiger charge is -2.34. The molecule has 0 spiro atoms. The summed E-state index contributed by atoms with van der Waals surface area (Å²) in [7, 11) is -3.54. The minimum absolute atomic E-state index is 0.0699. The summed E-state index contributed by atoms with van der Waals surface area (Å²) in [6.45, 7) is 2.24. The summed E-state index contributed by atoms with van der Waals surface area (Å²) in [4.78, 5) is 14.5. The van der Waals surface area contributed by atoms with E-state index < -0.39 is 10.0 Å². The van der Waals surface area contributed by atoms with Crippen LogP contribution >= 0.6 is 0 Å². The van der Waals surface area contributed by atoms with E-state index in [0.717, 1.165) is 19.3 Å². The molecule has 0 aliphatic carbocycles. The summed E-state index contributed by atoms with van der Waals surface area (Å²) >= 11 is 0. The van der Waals surface area contributed by atoms with E-state index in [1.165, 1.54) is 0 Å². The molecule has 0 radical (unpaired) electrons. The van der Waals surface area contributed by atoms with Crippen LogP contribution in [0.2, 0.25) is 0 Å². The number of amides is 1. The van der Waals surface area contributed by atoms with E-state index in [-0.39, 0.29) is 22.8 Å². The number of hydrogen-bond donors (Lipinski definition) is 1. The molecule has 1 N–H and O–H groups in total. The molecule has 2 fully saturated rings. The Bertz CT molecular complexity index is 641. The number of carbonyl (C=O) groups excluding carboxylic acids is 1. The first-order valence-electron chi connectivity index (χ1n) is 8.00. The molecule has 2 aliphatic rings. The van der Waals surface area contributed by atoms with E-state index >= 15 is 0 Å². The standard InChI is InChI=1S/C16H22N2O4S/c19-16(13-8-10-22-12-13)18-9-4-5-14(11-18)17-23(20,21)15-6-2-1-3-7-15/h1-3,6-7,13-14,17H,4-5,8-12H2/t13-,14-/m1/s1. The van der Waals surface area contributed by atoms with E-state index in [9.17, 15) is 13.2 Å². The van der Waals surface area contributed by atoms with Gasteiger partial charge in [0.15, 0.2) is 0 Å². The molecule has 3 rings (SSSR count). The normalized spacial score (nSPS) is 25.5. The van der Waals surface area contributed by atoms with Gasteiger partial charge in [0.1, 0.15) is 0 Å². The number of sulfonamides is 1. The third-order valence-corrected chi connectivity index (χ3v) is 5.92. The summed E-state index contributed by atoms with van der Waals surface area (Å²) in [6, 6.07) is 8.09. The lowest BCUT2D eigenvalue weighted by Crippen LogP contribution is -2.51. The maximum absolute atomic E-state index is 12.5. The second-order valence-electron chi connectivity index (χ2n) is 6.12. The summed E-state index contributed by atoms with van der Waals surface area (Å²) in [6.07, 6.45) is 2.31. The van der Waals surface area contributed by atoms with Gasteiger partial charge in [-0.25, -0.2) is 13.1 Å². The molecule has 0 bridgehead atoms. The van der Waals surface area contributed by atoms with Gasteiger partial charge < -0.3 is 9.64 Å². The molecule has 0 aromatic heterocycles. The zero-order valence-corrected chi connectivity index (χ0v) is 13.8. The van der Waals surface area contributed by atoms with Crippen molar-refractivity contribution in [1.29, 1.82) is 0 Å². The van der Waals surface area contributed by atoms with Crippen molar-refractivity contribution in [3.63, 3.8) is 0 Å². The number of nitrogens with zero attached hydrogens (tertiary/aromatic N) is 1. The van der Waals surface area contributed by atoms with Gasteiger partial charge in [-0.3, -0.25) is 4.79 Å². The highest BCUT2D eigenvalue weighted by Gasteiger charge is 2.32. The van der Waals surface area contributed by atoms with Crippen molar-refractivity contribution in [2.45, 2.75) is 30.2 Å². The average molecular weight is 338 g/mol. The highest BCUT2D eigenvalue weighted by Crippen LogP contribution is 2.20. The fraction of sp³-hybridized carbons (Fsp3) is 0.562. The zero-order valence-electron chi connectivity index (χ0n) is 13.0. The molecule has 7 heteroatoms. The second kappa shape index (κ2) is 6.98. The van der Waals surface area contributed by atoms with Gasteiger partial charge in [0.2, 0.25) is 15.9 Å². The number of hydrogen-bond acceptors (Lipinski definition) is 4. The Balaban J connectivity index is 1.63. The molecule has 6 nitrogen and oxygen atoms in total. The van der Waals surface area contributed by atoms with E-state index in [4.69, 9.17) is 4.74 Å². The Kier molecular flexibility index (Phi) is 4.99. The van der Waals surface area contributed by atoms with Crippen molar-refractivity contribution in [3.8, 4) is 0 Å². The molecule has 0 unspecified atom stereocenters. The zero-order chi connectivity index (χ0) is 16.3. The number of ether oxygens (including phenoxy) is 1. The number of carbonyl (C=O) groups is 1. The summed E-state index contributed by atoms with van der Waals surface area (Å²) in [5, 5.41) is 0. The maximum atomic E-state index is 12.5. The predicted octanol–water partition coefficient (Wildman–Crippen LogP) is 0.992. The number of piperidine rings is 1. The van der Waals surface area contributed by atoms with E-state index in [2.05, 4.69) is 4.72 Å². The molecule has 23 heavy (non-hydrogen) atoms. The fourth-order valence-electron chi connectivity index (χ4n) is 3.15. The molecule has 1 aromatic carbocycles. The van der Waals surface area contributed by atoms with E-state index in [0.29, 0.717) is 26.3 Å². The predicted molar refractivity (Wildman–Crippen MR) is 85.3 cm³/mol. The van der Waals surface area contributed by atoms with Crippen LogP contribution in [0.3, 0.4) is 0 Å². The van der Waals surface area contributed by atoms with Crippen LogP contribution in [0.25, 0.3) is 0 Å². The van der Waals surface area contributed by atoms with Gasteiger partial charge in [0.25, 0.3) is 0 Å². The molecule has 126 valence electrons. The Morgan fingerprint density at radius 1 is 1.22 bits per heavy atom. The first kappa shape index (κ1) is 16.4. The molecular formula is C16H22N2O4S. The lowest BCUT2D eigenvalue weighted by atomic mass is 10.0. The molecule has 2 atom stereocenters. The molecule has 0 saturated carbocycles. The largest absolute Gasteiger partial charge is 0.381 e. The minimum Gasteiger partial charge on any atom is -0.381 e. The van der Waals surface area contributed by atoms with Crippen LogP contribution in [-0.4, -0.2) is 51.6 Å². The van der Waals surface area contributed by atoms with Crippen LogP contribution in [0.4, 0.5) is 0 Å². The van der Waals surface area contributed by atoms with E-state index in [1.807, 2.05) is 0 Å². The summed E-state index contributed by atoms with van der Waals surface area (Å²) < 4.78 is 32.8. The van der Waals surface area contributed by atoms with Crippen LogP contribution in [0, 0.1) is 5.92 Å². The van der Waals surface area contributed by atoms with Crippen molar-refractivity contribution in [3.05, 3.63) is 30.3 Å². The van der Waals surface area contributed by atoms with Gasteiger partial charge in [-0.2, -0.15) is 0 Å². The maximum Gasteiger partial charge on any atom is 0.240 e. The third-order valence-electron chi connectivity index (χ3n) is 4.39. The molecule has 2 heterocycles. The van der Waals surface area contributed by atoms with E-state index in [1.54, 1.807) is 35.2 Å². The molecule has 2 saturated heterocycles. The smallest absolute Gasteiger partial charge is 0.240 e. The van der Waals surface area contributed by atoms with Crippen molar-refractivity contribution >= 4 is 15.9 Å². The molecule has 1 aromatic rings. The molecule has 1 amide bonds. The quantitative estimate of drug-likeness (QED) is 0.888. The van der Waals surface area contributed by atoms with Crippen LogP contribution < -0.4 is 4.72 Å². The number of rotatable bonds is 4. The Hall–Kier alpha value is -1.44. The Morgan fingerprint density at radius 3 is 2.70 bits per heavy atom. The van der Waals surface area contributed by atoms with Crippen LogP contribution in [0.5, 0.6) is 0 Å². The summed E-state index contributed by atoms with van der Waals surface area (Å²) in [5.74, 6) is 0.0191. The second-order valence-corrected chi connectivity index (χ2v) is 7.83. The number of benzene rings is 1. The Labute approximate surface area is 136 Å². The third kappa shape index (κ3) is 3.91. The first-order chi connectivity index (χ1) is 11.1. The monoisotopic (exact) mass is 338 g/mol. The van der Waals surface area contributed by atoms with Crippen molar-refractivity contribution in [2.75, 3.05) is 26.3 Å². The van der Waals surface area contributed by atoms with Gasteiger partial charge in [-0.15, -0.1) is 0 Å². The van der Waals surface area contributed by atoms with Gasteiger partial charge >= 0.3 is 0 Å².